The minimum Gasteiger partial charge on any atom is -0.473 e. The zero-order valence-electron chi connectivity index (χ0n) is 12.5. The normalized spacial score (nSPS) is 24.2. The van der Waals surface area contributed by atoms with E-state index in [9.17, 15) is 5.11 Å². The lowest BCUT2D eigenvalue weighted by Gasteiger charge is -2.11. The summed E-state index contributed by atoms with van der Waals surface area (Å²) >= 11 is 0. The predicted molar refractivity (Wildman–Crippen MR) is 85.6 cm³/mol. The monoisotopic (exact) mass is 309 g/mol. The average molecular weight is 309 g/mol. The number of aromatic amines is 1. The molecule has 1 aliphatic carbocycles. The second kappa shape index (κ2) is 5.62. The fourth-order valence-corrected chi connectivity index (χ4v) is 2.93. The number of H-pyrrole nitrogens is 1. The number of ether oxygens (including phenoxy) is 1. The molecule has 1 radical (unpaired) electrons. The van der Waals surface area contributed by atoms with Crippen LogP contribution in [-0.4, -0.2) is 37.3 Å². The van der Waals surface area contributed by atoms with E-state index in [2.05, 4.69) is 26.9 Å². The second-order valence-electron chi connectivity index (χ2n) is 5.87. The van der Waals surface area contributed by atoms with E-state index in [4.69, 9.17) is 4.74 Å². The first-order valence-corrected chi connectivity index (χ1v) is 7.64. The molecule has 23 heavy (non-hydrogen) atoms. The summed E-state index contributed by atoms with van der Waals surface area (Å²) in [7, 11) is 0. The zero-order valence-corrected chi connectivity index (χ0v) is 12.5. The van der Waals surface area contributed by atoms with Gasteiger partial charge in [-0.05, 0) is 19.3 Å². The Morgan fingerprint density at radius 1 is 1.17 bits per heavy atom. The summed E-state index contributed by atoms with van der Waals surface area (Å²) in [5.74, 6) is 1.17. The first kappa shape index (κ1) is 14.1. The number of benzene rings is 1. The number of aromatic nitrogens is 4. The smallest absolute Gasteiger partial charge is 0.245 e. The van der Waals surface area contributed by atoms with Crippen molar-refractivity contribution in [3.05, 3.63) is 43.6 Å². The molecular formula is C17H17N4O2. The number of nitrogens with one attached hydrogen (secondary N) is 1. The van der Waals surface area contributed by atoms with Crippen molar-refractivity contribution < 1.29 is 9.84 Å². The highest BCUT2D eigenvalue weighted by Crippen LogP contribution is 2.31. The highest BCUT2D eigenvalue weighted by Gasteiger charge is 2.32. The van der Waals surface area contributed by atoms with Gasteiger partial charge in [0.05, 0.1) is 6.10 Å². The van der Waals surface area contributed by atoms with Gasteiger partial charge in [0.15, 0.2) is 11.2 Å². The molecule has 0 saturated heterocycles. The van der Waals surface area contributed by atoms with Crippen LogP contribution in [0.4, 0.5) is 0 Å². The number of rotatable bonds is 3. The van der Waals surface area contributed by atoms with Crippen LogP contribution in [0.15, 0.2) is 36.7 Å². The minimum atomic E-state index is -0.420. The van der Waals surface area contributed by atoms with Gasteiger partial charge in [0, 0.05) is 12.0 Å². The summed E-state index contributed by atoms with van der Waals surface area (Å²) in [5.41, 5.74) is 2.22. The number of fused-ring (bicyclic) bond motifs is 1. The molecule has 6 nitrogen and oxygen atoms in total. The Bertz CT molecular complexity index is 808. The van der Waals surface area contributed by atoms with E-state index in [1.165, 1.54) is 6.33 Å². The van der Waals surface area contributed by atoms with Gasteiger partial charge in [-0.3, -0.25) is 0 Å². The molecule has 3 atom stereocenters. The van der Waals surface area contributed by atoms with Crippen molar-refractivity contribution in [1.82, 2.24) is 19.9 Å². The van der Waals surface area contributed by atoms with Crippen LogP contribution >= 0.6 is 0 Å². The van der Waals surface area contributed by atoms with Crippen molar-refractivity contribution >= 4 is 11.2 Å². The van der Waals surface area contributed by atoms with Gasteiger partial charge in [-0.1, -0.05) is 30.3 Å². The molecule has 2 heterocycles. The first-order valence-electron chi connectivity index (χ1n) is 7.64. The third-order valence-corrected chi connectivity index (χ3v) is 4.19. The van der Waals surface area contributed by atoms with Crippen molar-refractivity contribution in [3.8, 4) is 17.3 Å². The van der Waals surface area contributed by atoms with Gasteiger partial charge in [0.1, 0.15) is 18.3 Å². The molecule has 3 aromatic rings. The maximum atomic E-state index is 9.82. The van der Waals surface area contributed by atoms with E-state index in [-0.39, 0.29) is 12.0 Å². The number of imidazole rings is 1. The van der Waals surface area contributed by atoms with Crippen LogP contribution in [0.1, 0.15) is 12.8 Å². The quantitative estimate of drug-likeness (QED) is 0.776. The van der Waals surface area contributed by atoms with Gasteiger partial charge in [0.25, 0.3) is 0 Å². The maximum Gasteiger partial charge on any atom is 0.245 e. The topological polar surface area (TPSA) is 83.9 Å². The fraction of sp³-hybridized carbons (Fsp3) is 0.294. The molecule has 0 bridgehead atoms. The van der Waals surface area contributed by atoms with Crippen LogP contribution in [0, 0.1) is 12.8 Å². The molecule has 0 unspecified atom stereocenters. The Kier molecular flexibility index (Phi) is 3.46. The number of aliphatic hydroxyl groups excluding tert-OH is 1. The molecule has 6 heteroatoms. The number of hydrogen-bond donors (Lipinski definition) is 2. The number of aliphatic hydroxyl groups is 1. The van der Waals surface area contributed by atoms with Gasteiger partial charge in [-0.25, -0.2) is 9.97 Å². The van der Waals surface area contributed by atoms with Crippen LogP contribution in [0.5, 0.6) is 5.88 Å². The molecule has 2 N–H and O–H groups in total. The summed E-state index contributed by atoms with van der Waals surface area (Å²) < 4.78 is 5.94. The van der Waals surface area contributed by atoms with E-state index >= 15 is 0 Å². The molecule has 0 amide bonds. The molecule has 117 valence electrons. The molecule has 2 aromatic heterocycles. The molecule has 0 aliphatic heterocycles. The molecule has 1 fully saturated rings. The molecule has 0 spiro atoms. The summed E-state index contributed by atoms with van der Waals surface area (Å²) in [5, 5.41) is 9.82. The lowest BCUT2D eigenvalue weighted by atomic mass is 10.1. The zero-order chi connectivity index (χ0) is 15.8. The van der Waals surface area contributed by atoms with Crippen molar-refractivity contribution in [2.75, 3.05) is 0 Å². The summed E-state index contributed by atoms with van der Waals surface area (Å²) in [6.07, 6.45) is 2.22. The Morgan fingerprint density at radius 2 is 2.00 bits per heavy atom. The average Bonchev–Trinajstić information content (AvgIpc) is 3.13. The Balaban J connectivity index is 1.67. The van der Waals surface area contributed by atoms with Crippen molar-refractivity contribution in [2.45, 2.75) is 25.0 Å². The van der Waals surface area contributed by atoms with Gasteiger partial charge >= 0.3 is 0 Å². The van der Waals surface area contributed by atoms with Crippen LogP contribution in [-0.2, 0) is 0 Å². The Hall–Kier alpha value is -2.47. The number of nitrogens with zero attached hydrogens (tertiary/aromatic N) is 3. The first-order chi connectivity index (χ1) is 11.2. The minimum absolute atomic E-state index is 0.00334. The van der Waals surface area contributed by atoms with Crippen LogP contribution in [0.3, 0.4) is 0 Å². The van der Waals surface area contributed by atoms with Crippen molar-refractivity contribution in [1.29, 1.82) is 0 Å². The number of hydrogen-bond acceptors (Lipinski definition) is 5. The Morgan fingerprint density at radius 3 is 2.74 bits per heavy atom. The highest BCUT2D eigenvalue weighted by atomic mass is 16.5. The molecular weight excluding hydrogens is 292 g/mol. The molecule has 1 aromatic carbocycles. The Labute approximate surface area is 133 Å². The van der Waals surface area contributed by atoms with Crippen LogP contribution in [0.25, 0.3) is 22.6 Å². The molecule has 1 saturated carbocycles. The fourth-order valence-electron chi connectivity index (χ4n) is 2.93. The lowest BCUT2D eigenvalue weighted by molar-refractivity contribution is 0.135. The van der Waals surface area contributed by atoms with Crippen LogP contribution < -0.4 is 4.74 Å². The highest BCUT2D eigenvalue weighted by molar-refractivity contribution is 5.79. The largest absolute Gasteiger partial charge is 0.473 e. The van der Waals surface area contributed by atoms with E-state index in [0.29, 0.717) is 29.9 Å². The standard InChI is InChI=1S/C17H17N4O2/c1-10-7-12(8-13(10)22)23-17-14-16(18-9-19-17)21-15(20-14)11-5-3-2-4-6-11/h2-6,9-10,12-13,22H,1,7-8H2,(H,18,19,20,21)/t10-,12+,13-/m0/s1. The lowest BCUT2D eigenvalue weighted by Crippen LogP contribution is -2.14. The van der Waals surface area contributed by atoms with Crippen molar-refractivity contribution in [2.24, 2.45) is 5.92 Å². The van der Waals surface area contributed by atoms with E-state index in [0.717, 1.165) is 11.4 Å². The third kappa shape index (κ3) is 2.66. The van der Waals surface area contributed by atoms with Gasteiger partial charge in [-0.15, -0.1) is 0 Å². The van der Waals surface area contributed by atoms with Gasteiger partial charge in [0.2, 0.25) is 5.88 Å². The second-order valence-corrected chi connectivity index (χ2v) is 5.87. The van der Waals surface area contributed by atoms with E-state index in [1.807, 2.05) is 30.3 Å². The predicted octanol–water partition coefficient (Wildman–Crippen LogP) is 2.37. The van der Waals surface area contributed by atoms with Gasteiger partial charge in [-0.2, -0.15) is 4.98 Å². The summed E-state index contributed by atoms with van der Waals surface area (Å²) in [4.78, 5) is 16.2. The maximum absolute atomic E-state index is 9.82. The van der Waals surface area contributed by atoms with Gasteiger partial charge < -0.3 is 14.8 Å². The van der Waals surface area contributed by atoms with Crippen LogP contribution in [0.2, 0.25) is 0 Å². The summed E-state index contributed by atoms with van der Waals surface area (Å²) in [6, 6.07) is 9.83. The summed E-state index contributed by atoms with van der Waals surface area (Å²) in [6.45, 7) is 3.93. The van der Waals surface area contributed by atoms with E-state index in [1.54, 1.807) is 0 Å². The third-order valence-electron chi connectivity index (χ3n) is 4.19. The van der Waals surface area contributed by atoms with E-state index < -0.39 is 6.10 Å². The molecule has 4 rings (SSSR count). The molecule has 1 aliphatic rings. The van der Waals surface area contributed by atoms with Crippen molar-refractivity contribution in [3.63, 3.8) is 0 Å². The SMILES string of the molecule is [CH2][C@H]1C[C@@H](Oc2ncnc3[nH]c(-c4ccccc4)nc23)C[C@@H]1O.